The Morgan fingerprint density at radius 2 is 1.87 bits per heavy atom. The molecule has 0 aromatic heterocycles. The van der Waals surface area contributed by atoms with Crippen molar-refractivity contribution in [1.29, 1.82) is 0 Å². The Bertz CT molecular complexity index is 892. The summed E-state index contributed by atoms with van der Waals surface area (Å²) < 4.78 is 6.45. The Balaban J connectivity index is 1.33. The number of amides is 1. The minimum absolute atomic E-state index is 0.0251. The first-order valence-corrected chi connectivity index (χ1v) is 16.6. The number of rotatable bonds is 11. The van der Waals surface area contributed by atoms with E-state index in [4.69, 9.17) is 9.73 Å². The number of hydrogen-bond donors (Lipinski definition) is 1. The molecule has 1 unspecified atom stereocenters. The third kappa shape index (κ3) is 7.70. The van der Waals surface area contributed by atoms with Crippen LogP contribution in [0.25, 0.3) is 0 Å². The van der Waals surface area contributed by atoms with Crippen molar-refractivity contribution in [2.75, 3.05) is 45.9 Å². The van der Waals surface area contributed by atoms with E-state index in [1.165, 1.54) is 50.9 Å². The third-order valence-electron chi connectivity index (χ3n) is 8.17. The van der Waals surface area contributed by atoms with Crippen molar-refractivity contribution in [1.82, 2.24) is 20.0 Å². The molecule has 0 aliphatic carbocycles. The molecule has 0 bridgehead atoms. The molecule has 3 aliphatic heterocycles. The quantitative estimate of drug-likeness (QED) is 0.324. The molecule has 0 spiro atoms. The number of nitrogens with one attached hydrogen (secondary N) is 1. The lowest BCUT2D eigenvalue weighted by molar-refractivity contribution is -0.136. The van der Waals surface area contributed by atoms with Crippen molar-refractivity contribution < 1.29 is 9.53 Å². The molecular weight excluding hydrogens is 493 g/mol. The topological polar surface area (TPSA) is 60.4 Å². The van der Waals surface area contributed by atoms with Gasteiger partial charge in [-0.1, -0.05) is 72.5 Å². The van der Waals surface area contributed by atoms with Crippen LogP contribution in [-0.2, 0) is 9.53 Å². The normalized spacial score (nSPS) is 25.7. The maximum atomic E-state index is 13.8. The SMILES string of the molecule is CC[C@@H]1N=C(N2CCN(C(=O)[C@@H](CCCCN3CCCCC3)NC(C)C)[C@H](PC)C2)O[C@H]1c1ccccc1. The molecule has 38 heavy (non-hydrogen) atoms. The summed E-state index contributed by atoms with van der Waals surface area (Å²) in [5.41, 5.74) is 1.18. The van der Waals surface area contributed by atoms with Gasteiger partial charge in [-0.3, -0.25) is 4.79 Å². The van der Waals surface area contributed by atoms with Crippen molar-refractivity contribution >= 4 is 20.5 Å². The van der Waals surface area contributed by atoms with Gasteiger partial charge in [-0.05, 0) is 64.0 Å². The van der Waals surface area contributed by atoms with E-state index in [2.05, 4.69) is 71.7 Å². The van der Waals surface area contributed by atoms with Gasteiger partial charge in [-0.15, -0.1) is 0 Å². The summed E-state index contributed by atoms with van der Waals surface area (Å²) in [6, 6.07) is 11.5. The van der Waals surface area contributed by atoms with E-state index in [-0.39, 0.29) is 35.9 Å². The van der Waals surface area contributed by atoms with Gasteiger partial charge < -0.3 is 24.8 Å². The van der Waals surface area contributed by atoms with Crippen LogP contribution in [0.2, 0.25) is 0 Å². The Labute approximate surface area is 232 Å². The standard InChI is InChI=1S/C30H50N5O2P/c1-5-25-28(24-14-8-6-9-15-24)37-30(32-25)34-20-21-35(27(22-34)38-4)29(36)26(31-23(2)3)16-10-13-19-33-17-11-7-12-18-33/h6,8-9,14-15,23,25-28,31,38H,5,7,10-13,16-22H2,1-4H3/t25-,26+,27+,28-/m0/s1. The Kier molecular flexibility index (Phi) is 11.3. The van der Waals surface area contributed by atoms with Gasteiger partial charge >= 0.3 is 0 Å². The van der Waals surface area contributed by atoms with E-state index in [0.29, 0.717) is 8.58 Å². The second-order valence-corrected chi connectivity index (χ2v) is 12.6. The van der Waals surface area contributed by atoms with Crippen LogP contribution in [0.15, 0.2) is 35.3 Å². The number of hydrogen-bond acceptors (Lipinski definition) is 6. The summed E-state index contributed by atoms with van der Waals surface area (Å²) in [5.74, 6) is 0.474. The van der Waals surface area contributed by atoms with Gasteiger partial charge in [-0.2, -0.15) is 0 Å². The molecular formula is C30H50N5O2P. The van der Waals surface area contributed by atoms with Crippen LogP contribution < -0.4 is 5.32 Å². The molecule has 1 aromatic rings. The van der Waals surface area contributed by atoms with Crippen molar-refractivity contribution in [3.63, 3.8) is 0 Å². The van der Waals surface area contributed by atoms with Crippen LogP contribution in [0, 0.1) is 0 Å². The first kappa shape index (κ1) is 29.3. The van der Waals surface area contributed by atoms with E-state index in [0.717, 1.165) is 44.9 Å². The minimum Gasteiger partial charge on any atom is -0.455 e. The average molecular weight is 544 g/mol. The second kappa shape index (κ2) is 14.6. The minimum atomic E-state index is -0.103. The molecule has 1 amide bonds. The number of unbranched alkanes of at least 4 members (excludes halogenated alkanes) is 1. The molecule has 8 heteroatoms. The average Bonchev–Trinajstić information content (AvgIpc) is 3.39. The lowest BCUT2D eigenvalue weighted by atomic mass is 10.0. The fraction of sp³-hybridized carbons (Fsp3) is 0.733. The highest BCUT2D eigenvalue weighted by Crippen LogP contribution is 2.33. The van der Waals surface area contributed by atoms with E-state index >= 15 is 0 Å². The van der Waals surface area contributed by atoms with E-state index < -0.39 is 0 Å². The number of aliphatic imine (C=N–C) groups is 1. The maximum absolute atomic E-state index is 13.8. The zero-order valence-electron chi connectivity index (χ0n) is 24.1. The molecule has 0 radical (unpaired) electrons. The van der Waals surface area contributed by atoms with Gasteiger partial charge in [0.1, 0.15) is 6.10 Å². The van der Waals surface area contributed by atoms with Gasteiger partial charge in [-0.25, -0.2) is 4.99 Å². The van der Waals surface area contributed by atoms with E-state index in [1.54, 1.807) is 0 Å². The molecule has 2 fully saturated rings. The molecule has 1 N–H and O–H groups in total. The Morgan fingerprint density at radius 3 is 2.55 bits per heavy atom. The number of carbonyl (C=O) groups excluding carboxylic acids is 1. The van der Waals surface area contributed by atoms with Crippen molar-refractivity contribution in [3.8, 4) is 0 Å². The molecule has 3 aliphatic rings. The number of amidine groups is 1. The van der Waals surface area contributed by atoms with Crippen molar-refractivity contribution in [2.45, 2.75) is 95.7 Å². The van der Waals surface area contributed by atoms with Crippen molar-refractivity contribution in [2.24, 2.45) is 4.99 Å². The molecule has 3 heterocycles. The first-order chi connectivity index (χ1) is 18.5. The van der Waals surface area contributed by atoms with Crippen LogP contribution in [0.3, 0.4) is 0 Å². The molecule has 5 atom stereocenters. The number of piperazine rings is 1. The van der Waals surface area contributed by atoms with Gasteiger partial charge in [0.2, 0.25) is 5.91 Å². The fourth-order valence-corrected chi connectivity index (χ4v) is 7.01. The predicted octanol–water partition coefficient (Wildman–Crippen LogP) is 4.69. The number of piperidine rings is 1. The first-order valence-electron chi connectivity index (χ1n) is 15.0. The summed E-state index contributed by atoms with van der Waals surface area (Å²) >= 11 is 0. The molecule has 4 rings (SSSR count). The molecule has 1 aromatic carbocycles. The number of carbonyl (C=O) groups is 1. The van der Waals surface area contributed by atoms with Crippen molar-refractivity contribution in [3.05, 3.63) is 35.9 Å². The fourth-order valence-electron chi connectivity index (χ4n) is 6.04. The highest BCUT2D eigenvalue weighted by Gasteiger charge is 2.38. The molecule has 0 saturated carbocycles. The maximum Gasteiger partial charge on any atom is 0.288 e. The van der Waals surface area contributed by atoms with E-state index in [1.807, 2.05) is 6.07 Å². The van der Waals surface area contributed by atoms with Crippen LogP contribution >= 0.6 is 8.58 Å². The van der Waals surface area contributed by atoms with Crippen LogP contribution in [0.5, 0.6) is 0 Å². The Morgan fingerprint density at radius 1 is 1.11 bits per heavy atom. The second-order valence-electron chi connectivity index (χ2n) is 11.4. The highest BCUT2D eigenvalue weighted by molar-refractivity contribution is 7.37. The van der Waals surface area contributed by atoms with E-state index in [9.17, 15) is 4.79 Å². The monoisotopic (exact) mass is 543 g/mol. The van der Waals surface area contributed by atoms with Gasteiger partial charge in [0.15, 0.2) is 0 Å². The van der Waals surface area contributed by atoms with Gasteiger partial charge in [0.25, 0.3) is 6.02 Å². The van der Waals surface area contributed by atoms with Crippen LogP contribution in [0.1, 0.15) is 77.4 Å². The predicted molar refractivity (Wildman–Crippen MR) is 159 cm³/mol. The highest BCUT2D eigenvalue weighted by atomic mass is 31.1. The summed E-state index contributed by atoms with van der Waals surface area (Å²) in [6.07, 6.45) is 8.16. The summed E-state index contributed by atoms with van der Waals surface area (Å²) in [5, 5.41) is 3.60. The van der Waals surface area contributed by atoms with Gasteiger partial charge in [0.05, 0.1) is 17.9 Å². The zero-order valence-corrected chi connectivity index (χ0v) is 25.1. The lowest BCUT2D eigenvalue weighted by Gasteiger charge is -2.43. The summed E-state index contributed by atoms with van der Waals surface area (Å²) in [4.78, 5) is 25.9. The summed E-state index contributed by atoms with van der Waals surface area (Å²) in [7, 11) is 0.655. The smallest absolute Gasteiger partial charge is 0.288 e. The summed E-state index contributed by atoms with van der Waals surface area (Å²) in [6.45, 7) is 14.6. The number of nitrogens with zero attached hydrogens (tertiary/aromatic N) is 4. The number of ether oxygens (including phenoxy) is 1. The largest absolute Gasteiger partial charge is 0.455 e. The van der Waals surface area contributed by atoms with Crippen LogP contribution in [0.4, 0.5) is 0 Å². The van der Waals surface area contributed by atoms with Crippen LogP contribution in [-0.4, -0.2) is 96.5 Å². The third-order valence-corrected chi connectivity index (χ3v) is 9.33. The molecule has 2 saturated heterocycles. The molecule has 7 nitrogen and oxygen atoms in total. The van der Waals surface area contributed by atoms with Gasteiger partial charge in [0, 0.05) is 25.7 Å². The number of likely N-dealkylation sites (tertiary alicyclic amines) is 1. The number of benzene rings is 1. The lowest BCUT2D eigenvalue weighted by Crippen LogP contribution is -2.59. The zero-order chi connectivity index (χ0) is 26.9. The Hall–Kier alpha value is -1.69. The molecule has 212 valence electrons.